The maximum Gasteiger partial charge on any atom is 0.269 e. The number of hydrogen-bond acceptors (Lipinski definition) is 7. The predicted molar refractivity (Wildman–Crippen MR) is 135 cm³/mol. The molecule has 13 heteroatoms. The maximum absolute atomic E-state index is 12.9. The minimum atomic E-state index is -4.02. The largest absolute Gasteiger partial charge is 0.273 e. The molecule has 1 aromatic heterocycles. The van der Waals surface area contributed by atoms with E-state index in [0.717, 1.165) is 5.56 Å². The molecule has 9 nitrogen and oxygen atoms in total. The molecule has 0 aliphatic heterocycles. The number of thioether (sulfide) groups is 1. The first-order chi connectivity index (χ1) is 16.7. The second kappa shape index (κ2) is 10.8. The van der Waals surface area contributed by atoms with E-state index in [1.54, 1.807) is 16.7 Å². The molecule has 1 heterocycles. The van der Waals surface area contributed by atoms with Crippen LogP contribution < -0.4 is 4.72 Å². The first kappa shape index (κ1) is 25.1. The van der Waals surface area contributed by atoms with Crippen LogP contribution in [0.3, 0.4) is 0 Å². The number of non-ortho nitro benzene ring substituents is 1. The zero-order chi connectivity index (χ0) is 25.0. The molecule has 0 aliphatic rings. The van der Waals surface area contributed by atoms with E-state index >= 15 is 0 Å². The molecule has 0 saturated carbocycles. The molecule has 0 amide bonds. The molecule has 1 N–H and O–H groups in total. The lowest BCUT2D eigenvalue weighted by Gasteiger charge is -2.12. The molecule has 0 fully saturated rings. The van der Waals surface area contributed by atoms with Crippen LogP contribution in [0.4, 0.5) is 5.69 Å². The van der Waals surface area contributed by atoms with Gasteiger partial charge in [-0.3, -0.25) is 14.7 Å². The van der Waals surface area contributed by atoms with Crippen molar-refractivity contribution >= 4 is 50.7 Å². The number of nitro groups is 1. The Balaban J connectivity index is 1.65. The van der Waals surface area contributed by atoms with Crippen molar-refractivity contribution in [2.24, 2.45) is 0 Å². The van der Waals surface area contributed by atoms with Gasteiger partial charge >= 0.3 is 0 Å². The summed E-state index contributed by atoms with van der Waals surface area (Å²) in [6, 6.07) is 19.7. The van der Waals surface area contributed by atoms with Crippen molar-refractivity contribution in [3.63, 3.8) is 0 Å². The molecule has 0 radical (unpaired) electrons. The van der Waals surface area contributed by atoms with Gasteiger partial charge in [0.25, 0.3) is 5.69 Å². The average molecular weight is 550 g/mol. The third-order valence-corrected chi connectivity index (χ3v) is 7.95. The molecule has 4 aromatic rings. The van der Waals surface area contributed by atoms with E-state index in [-0.39, 0.29) is 33.0 Å². The topological polar surface area (TPSA) is 120 Å². The van der Waals surface area contributed by atoms with Crippen molar-refractivity contribution < 1.29 is 13.3 Å². The molecule has 35 heavy (non-hydrogen) atoms. The van der Waals surface area contributed by atoms with Crippen molar-refractivity contribution in [2.45, 2.75) is 22.3 Å². The van der Waals surface area contributed by atoms with Gasteiger partial charge in [0.2, 0.25) is 10.0 Å². The van der Waals surface area contributed by atoms with E-state index in [1.807, 2.05) is 30.3 Å². The summed E-state index contributed by atoms with van der Waals surface area (Å²) in [5.74, 6) is 0.881. The molecular formula is C22H17Cl2N5O4S2. The number of hydrogen-bond donors (Lipinski definition) is 1. The van der Waals surface area contributed by atoms with Gasteiger partial charge in [0.15, 0.2) is 11.0 Å². The number of sulfonamides is 1. The van der Waals surface area contributed by atoms with Gasteiger partial charge in [-0.05, 0) is 35.9 Å². The van der Waals surface area contributed by atoms with Gasteiger partial charge < -0.3 is 0 Å². The van der Waals surface area contributed by atoms with Gasteiger partial charge in [-0.1, -0.05) is 65.3 Å². The average Bonchev–Trinajstić information content (AvgIpc) is 3.26. The fraction of sp³-hybridized carbons (Fsp3) is 0.0909. The van der Waals surface area contributed by atoms with E-state index in [1.165, 1.54) is 42.1 Å². The van der Waals surface area contributed by atoms with Crippen molar-refractivity contribution in [3.05, 3.63) is 104 Å². The minimum absolute atomic E-state index is 0.0258. The van der Waals surface area contributed by atoms with Crippen LogP contribution >= 0.6 is 35.0 Å². The summed E-state index contributed by atoms with van der Waals surface area (Å²) in [6.07, 6.45) is 0. The van der Waals surface area contributed by atoms with E-state index in [4.69, 9.17) is 23.2 Å². The molecule has 0 spiro atoms. The molecule has 4 rings (SSSR count). The summed E-state index contributed by atoms with van der Waals surface area (Å²) in [6.45, 7) is -0.207. The number of rotatable bonds is 9. The monoisotopic (exact) mass is 549 g/mol. The summed E-state index contributed by atoms with van der Waals surface area (Å²) >= 11 is 13.4. The van der Waals surface area contributed by atoms with E-state index in [0.29, 0.717) is 16.6 Å². The molecule has 0 bridgehead atoms. The Morgan fingerprint density at radius 1 is 1.00 bits per heavy atom. The molecular weight excluding hydrogens is 533 g/mol. The summed E-state index contributed by atoms with van der Waals surface area (Å²) in [5.41, 5.74) is 1.54. The van der Waals surface area contributed by atoms with Gasteiger partial charge in [0.1, 0.15) is 4.90 Å². The van der Waals surface area contributed by atoms with Gasteiger partial charge in [0.05, 0.1) is 16.5 Å². The third-order valence-electron chi connectivity index (χ3n) is 4.83. The fourth-order valence-corrected chi connectivity index (χ4v) is 5.80. The quantitative estimate of drug-likeness (QED) is 0.172. The smallest absolute Gasteiger partial charge is 0.269 e. The van der Waals surface area contributed by atoms with Crippen molar-refractivity contribution in [2.75, 3.05) is 0 Å². The van der Waals surface area contributed by atoms with Crippen LogP contribution in [0, 0.1) is 10.1 Å². The Kier molecular flexibility index (Phi) is 7.72. The lowest BCUT2D eigenvalue weighted by Crippen LogP contribution is -2.25. The molecule has 180 valence electrons. The molecule has 3 aromatic carbocycles. The zero-order valence-electron chi connectivity index (χ0n) is 17.8. The SMILES string of the molecule is O=[N+]([O-])c1ccc(-n2c(CNS(=O)(=O)c3cc(Cl)ccc3Cl)nnc2SCc2ccccc2)cc1. The van der Waals surface area contributed by atoms with Crippen LogP contribution in [-0.4, -0.2) is 28.1 Å². The summed E-state index contributed by atoms with van der Waals surface area (Å²) in [5, 5.41) is 20.2. The van der Waals surface area contributed by atoms with Crippen LogP contribution in [0.15, 0.2) is 82.8 Å². The van der Waals surface area contributed by atoms with Gasteiger partial charge in [-0.2, -0.15) is 0 Å². The number of nitro benzene ring substituents is 1. The standard InChI is InChI=1S/C22H17Cl2N5O4S2/c23-16-6-11-19(24)20(12-16)35(32,33)25-13-21-26-27-22(34-14-15-4-2-1-3-5-15)28(21)17-7-9-18(10-8-17)29(30)31/h1-12,25H,13-14H2. The van der Waals surface area contributed by atoms with Crippen molar-refractivity contribution in [1.82, 2.24) is 19.5 Å². The second-order valence-corrected chi connectivity index (χ2v) is 10.7. The van der Waals surface area contributed by atoms with E-state index < -0.39 is 14.9 Å². The molecule has 0 atom stereocenters. The Bertz CT molecular complexity index is 1460. The predicted octanol–water partition coefficient (Wildman–Crippen LogP) is 5.25. The first-order valence-electron chi connectivity index (χ1n) is 10.0. The summed E-state index contributed by atoms with van der Waals surface area (Å²) in [4.78, 5) is 10.4. The molecule has 0 unspecified atom stereocenters. The normalized spacial score (nSPS) is 11.5. The lowest BCUT2D eigenvalue weighted by molar-refractivity contribution is -0.384. The highest BCUT2D eigenvalue weighted by Crippen LogP contribution is 2.28. The number of nitrogens with one attached hydrogen (secondary N) is 1. The highest BCUT2D eigenvalue weighted by molar-refractivity contribution is 7.98. The number of aromatic nitrogens is 3. The van der Waals surface area contributed by atoms with Crippen molar-refractivity contribution in [3.8, 4) is 5.69 Å². The number of nitrogens with zero attached hydrogens (tertiary/aromatic N) is 4. The number of halogens is 2. The summed E-state index contributed by atoms with van der Waals surface area (Å²) < 4.78 is 29.9. The first-order valence-corrected chi connectivity index (χ1v) is 13.3. The van der Waals surface area contributed by atoms with Crippen LogP contribution in [0.1, 0.15) is 11.4 Å². The summed E-state index contributed by atoms with van der Waals surface area (Å²) in [7, 11) is -4.02. The van der Waals surface area contributed by atoms with Crippen molar-refractivity contribution in [1.29, 1.82) is 0 Å². The highest BCUT2D eigenvalue weighted by atomic mass is 35.5. The van der Waals surface area contributed by atoms with Crippen LogP contribution in [0.25, 0.3) is 5.69 Å². The Morgan fingerprint density at radius 2 is 1.71 bits per heavy atom. The Hall–Kier alpha value is -2.96. The Labute approximate surface area is 215 Å². The minimum Gasteiger partial charge on any atom is -0.273 e. The zero-order valence-corrected chi connectivity index (χ0v) is 21.0. The second-order valence-electron chi connectivity index (χ2n) is 7.18. The maximum atomic E-state index is 12.9. The lowest BCUT2D eigenvalue weighted by atomic mass is 10.2. The third kappa shape index (κ3) is 6.00. The van der Waals surface area contributed by atoms with Gasteiger partial charge in [-0.15, -0.1) is 10.2 Å². The van der Waals surface area contributed by atoms with Crippen LogP contribution in [0.2, 0.25) is 10.0 Å². The Morgan fingerprint density at radius 3 is 2.40 bits per heavy atom. The molecule has 0 aliphatic carbocycles. The van der Waals surface area contributed by atoms with E-state index in [2.05, 4.69) is 14.9 Å². The van der Waals surface area contributed by atoms with Gasteiger partial charge in [-0.25, -0.2) is 13.1 Å². The van der Waals surface area contributed by atoms with Crippen LogP contribution in [-0.2, 0) is 22.3 Å². The highest BCUT2D eigenvalue weighted by Gasteiger charge is 2.22. The number of benzene rings is 3. The molecule has 0 saturated heterocycles. The van der Waals surface area contributed by atoms with Gasteiger partial charge in [0, 0.05) is 28.6 Å². The fourth-order valence-electron chi connectivity index (χ4n) is 3.13. The van der Waals surface area contributed by atoms with Crippen LogP contribution in [0.5, 0.6) is 0 Å². The van der Waals surface area contributed by atoms with E-state index in [9.17, 15) is 18.5 Å².